The molecule has 1 aliphatic rings. The molecule has 0 N–H and O–H groups in total. The number of hydrogen-bond donors (Lipinski definition) is 0. The predicted molar refractivity (Wildman–Crippen MR) is 115 cm³/mol. The van der Waals surface area contributed by atoms with Crippen LogP contribution in [0.3, 0.4) is 0 Å². The maximum Gasteiger partial charge on any atom is 0.248 e. The zero-order valence-electron chi connectivity index (χ0n) is 18.2. The minimum absolute atomic E-state index is 0.0000414. The lowest BCUT2D eigenvalue weighted by Gasteiger charge is -2.38. The average molecular weight is 413 g/mol. The molecule has 1 saturated heterocycles. The first kappa shape index (κ1) is 22.0. The predicted octanol–water partition coefficient (Wildman–Crippen LogP) is 2.21. The van der Waals surface area contributed by atoms with Crippen LogP contribution in [0.25, 0.3) is 0 Å². The number of likely N-dealkylation sites (tertiary alicyclic amines) is 1. The summed E-state index contributed by atoms with van der Waals surface area (Å²) in [5.74, 6) is 1.09. The Balaban J connectivity index is 1.57. The van der Waals surface area contributed by atoms with Crippen molar-refractivity contribution in [3.63, 3.8) is 0 Å². The number of carbonyl (C=O) groups is 2. The van der Waals surface area contributed by atoms with E-state index in [9.17, 15) is 9.59 Å². The summed E-state index contributed by atoms with van der Waals surface area (Å²) in [7, 11) is 1.54. The zero-order chi connectivity index (χ0) is 21.5. The molecule has 1 fully saturated rings. The number of aromatic nitrogens is 2. The van der Waals surface area contributed by atoms with Crippen LogP contribution in [-0.2, 0) is 27.3 Å². The molecule has 1 aromatic carbocycles. The van der Waals surface area contributed by atoms with Crippen LogP contribution in [0.4, 0.5) is 0 Å². The first-order chi connectivity index (χ1) is 14.5. The number of nitrogens with zero attached hydrogens (tertiary/aromatic N) is 4. The third kappa shape index (κ3) is 5.48. The zero-order valence-corrected chi connectivity index (χ0v) is 18.2. The number of rotatable bonds is 8. The normalized spacial score (nSPS) is 14.7. The van der Waals surface area contributed by atoms with Gasteiger partial charge in [0.1, 0.15) is 12.4 Å². The van der Waals surface area contributed by atoms with E-state index in [1.807, 2.05) is 58.7 Å². The van der Waals surface area contributed by atoms with Gasteiger partial charge >= 0.3 is 0 Å². The van der Waals surface area contributed by atoms with Crippen molar-refractivity contribution in [2.75, 3.05) is 33.4 Å². The number of hydrogen-bond acceptors (Lipinski definition) is 4. The summed E-state index contributed by atoms with van der Waals surface area (Å²) in [6.07, 6.45) is 5.72. The van der Waals surface area contributed by atoms with Crippen molar-refractivity contribution in [1.82, 2.24) is 19.4 Å². The van der Waals surface area contributed by atoms with Crippen molar-refractivity contribution in [3.05, 3.63) is 53.6 Å². The van der Waals surface area contributed by atoms with Crippen LogP contribution in [0.1, 0.15) is 29.8 Å². The molecule has 0 unspecified atom stereocenters. The van der Waals surface area contributed by atoms with Crippen molar-refractivity contribution in [2.24, 2.45) is 0 Å². The second kappa shape index (κ2) is 10.4. The van der Waals surface area contributed by atoms with Gasteiger partial charge in [0.25, 0.3) is 0 Å². The summed E-state index contributed by atoms with van der Waals surface area (Å²) in [6, 6.07) is 8.15. The number of piperidine rings is 1. The van der Waals surface area contributed by atoms with Crippen molar-refractivity contribution in [1.29, 1.82) is 0 Å². The molecule has 30 heavy (non-hydrogen) atoms. The number of imidazole rings is 1. The number of aryl methyl sites for hydroxylation is 2. The molecule has 0 spiro atoms. The monoisotopic (exact) mass is 412 g/mol. The van der Waals surface area contributed by atoms with Gasteiger partial charge in [-0.3, -0.25) is 9.59 Å². The van der Waals surface area contributed by atoms with Gasteiger partial charge in [0.15, 0.2) is 0 Å². The van der Waals surface area contributed by atoms with Crippen LogP contribution in [0.15, 0.2) is 36.7 Å². The van der Waals surface area contributed by atoms with Gasteiger partial charge in [-0.1, -0.05) is 24.3 Å². The highest BCUT2D eigenvalue weighted by atomic mass is 16.5. The maximum atomic E-state index is 12.8. The topological polar surface area (TPSA) is 67.7 Å². The Bertz CT molecular complexity index is 856. The van der Waals surface area contributed by atoms with Gasteiger partial charge in [0.05, 0.1) is 6.42 Å². The Morgan fingerprint density at radius 1 is 1.20 bits per heavy atom. The summed E-state index contributed by atoms with van der Waals surface area (Å²) in [4.78, 5) is 33.5. The van der Waals surface area contributed by atoms with Crippen LogP contribution in [-0.4, -0.2) is 70.6 Å². The standard InChI is InChI=1S/C23H32N4O3/c1-18-6-4-5-7-20(18)16-22(28)26-11-8-21(9-12-26)27(23(29)17-30-3)15-14-25-13-10-24-19(25)2/h4-7,10,13,21H,8-9,11-12,14-17H2,1-3H3. The van der Waals surface area contributed by atoms with Gasteiger partial charge in [-0.15, -0.1) is 0 Å². The lowest BCUT2D eigenvalue weighted by molar-refractivity contribution is -0.139. The summed E-state index contributed by atoms with van der Waals surface area (Å²) in [6.45, 7) is 6.74. The number of ether oxygens (including phenoxy) is 1. The molecule has 3 rings (SSSR count). The van der Waals surface area contributed by atoms with Crippen LogP contribution >= 0.6 is 0 Å². The first-order valence-corrected chi connectivity index (χ1v) is 10.6. The number of benzene rings is 1. The Labute approximate surface area is 178 Å². The molecule has 2 aromatic rings. The molecule has 1 aliphatic heterocycles. The molecule has 2 amide bonds. The second-order valence-corrected chi connectivity index (χ2v) is 7.90. The summed E-state index contributed by atoms with van der Waals surface area (Å²) < 4.78 is 7.15. The van der Waals surface area contributed by atoms with Crippen molar-refractivity contribution in [3.8, 4) is 0 Å². The molecular formula is C23H32N4O3. The SMILES string of the molecule is COCC(=O)N(CCn1ccnc1C)C1CCN(C(=O)Cc2ccccc2C)CC1. The fraction of sp³-hybridized carbons (Fsp3) is 0.522. The highest BCUT2D eigenvalue weighted by Crippen LogP contribution is 2.19. The molecule has 162 valence electrons. The fourth-order valence-electron chi connectivity index (χ4n) is 4.08. The van der Waals surface area contributed by atoms with E-state index in [1.165, 1.54) is 0 Å². The van der Waals surface area contributed by atoms with E-state index in [-0.39, 0.29) is 24.5 Å². The van der Waals surface area contributed by atoms with Gasteiger partial charge in [-0.05, 0) is 37.8 Å². The second-order valence-electron chi connectivity index (χ2n) is 7.90. The third-order valence-corrected chi connectivity index (χ3v) is 5.95. The lowest BCUT2D eigenvalue weighted by Crippen LogP contribution is -2.50. The van der Waals surface area contributed by atoms with Crippen LogP contribution < -0.4 is 0 Å². The Hall–Kier alpha value is -2.67. The first-order valence-electron chi connectivity index (χ1n) is 10.6. The highest BCUT2D eigenvalue weighted by Gasteiger charge is 2.29. The highest BCUT2D eigenvalue weighted by molar-refractivity contribution is 5.79. The van der Waals surface area contributed by atoms with E-state index in [4.69, 9.17) is 4.74 Å². The van der Waals surface area contributed by atoms with Crippen LogP contribution in [0, 0.1) is 13.8 Å². The van der Waals surface area contributed by atoms with E-state index < -0.39 is 0 Å². The van der Waals surface area contributed by atoms with Crippen LogP contribution in [0.2, 0.25) is 0 Å². The molecule has 2 heterocycles. The Kier molecular flexibility index (Phi) is 7.63. The molecule has 0 atom stereocenters. The Morgan fingerprint density at radius 2 is 1.93 bits per heavy atom. The third-order valence-electron chi connectivity index (χ3n) is 5.95. The summed E-state index contributed by atoms with van der Waals surface area (Å²) in [5, 5.41) is 0. The fourth-order valence-corrected chi connectivity index (χ4v) is 4.08. The molecule has 7 nitrogen and oxygen atoms in total. The van der Waals surface area contributed by atoms with Gasteiger partial charge in [-0.25, -0.2) is 4.98 Å². The number of methoxy groups -OCH3 is 1. The van der Waals surface area contributed by atoms with Gasteiger partial charge < -0.3 is 19.1 Å². The van der Waals surface area contributed by atoms with E-state index in [0.717, 1.165) is 29.8 Å². The minimum Gasteiger partial charge on any atom is -0.375 e. The minimum atomic E-state index is -0.0000414. The molecule has 7 heteroatoms. The molecular weight excluding hydrogens is 380 g/mol. The van der Waals surface area contributed by atoms with Crippen molar-refractivity contribution >= 4 is 11.8 Å². The van der Waals surface area contributed by atoms with Gasteiger partial charge in [0.2, 0.25) is 11.8 Å². The van der Waals surface area contributed by atoms with E-state index in [2.05, 4.69) is 4.98 Å². The van der Waals surface area contributed by atoms with Crippen molar-refractivity contribution in [2.45, 2.75) is 45.7 Å². The molecule has 0 radical (unpaired) electrons. The maximum absolute atomic E-state index is 12.8. The lowest BCUT2D eigenvalue weighted by atomic mass is 10.0. The van der Waals surface area contributed by atoms with E-state index in [0.29, 0.717) is 32.6 Å². The van der Waals surface area contributed by atoms with Crippen LogP contribution in [0.5, 0.6) is 0 Å². The van der Waals surface area contributed by atoms with Crippen molar-refractivity contribution < 1.29 is 14.3 Å². The molecule has 0 bridgehead atoms. The largest absolute Gasteiger partial charge is 0.375 e. The molecule has 0 saturated carbocycles. The quantitative estimate of drug-likeness (QED) is 0.667. The van der Waals surface area contributed by atoms with E-state index >= 15 is 0 Å². The number of carbonyl (C=O) groups excluding carboxylic acids is 2. The smallest absolute Gasteiger partial charge is 0.248 e. The molecule has 0 aliphatic carbocycles. The summed E-state index contributed by atoms with van der Waals surface area (Å²) >= 11 is 0. The molecule has 1 aromatic heterocycles. The van der Waals surface area contributed by atoms with E-state index in [1.54, 1.807) is 13.3 Å². The average Bonchev–Trinajstić information content (AvgIpc) is 3.15. The van der Waals surface area contributed by atoms with Gasteiger partial charge in [-0.2, -0.15) is 0 Å². The summed E-state index contributed by atoms with van der Waals surface area (Å²) in [5.41, 5.74) is 2.23. The Morgan fingerprint density at radius 3 is 2.57 bits per heavy atom. The number of amides is 2. The van der Waals surface area contributed by atoms with Gasteiger partial charge in [0, 0.05) is 51.7 Å².